The molecule has 1 heterocycles. The van der Waals surface area contributed by atoms with Crippen molar-refractivity contribution in [1.29, 1.82) is 0 Å². The molecular formula is C13H19NO4. The maximum atomic E-state index is 12.4. The largest absolute Gasteiger partial charge is 0.480 e. The van der Waals surface area contributed by atoms with E-state index >= 15 is 0 Å². The molecule has 2 aliphatic carbocycles. The SMILES string of the molecule is COC1CC(C(=O)O)N(C(=O)C2C3CCCC32)C1. The third-order valence-corrected chi connectivity index (χ3v) is 4.86. The molecule has 1 amide bonds. The summed E-state index contributed by atoms with van der Waals surface area (Å²) < 4.78 is 5.21. The Labute approximate surface area is 106 Å². The molecule has 1 aliphatic heterocycles. The molecule has 5 nitrogen and oxygen atoms in total. The molecular weight excluding hydrogens is 234 g/mol. The van der Waals surface area contributed by atoms with Crippen molar-refractivity contribution in [1.82, 2.24) is 4.90 Å². The number of carbonyl (C=O) groups excluding carboxylic acids is 1. The van der Waals surface area contributed by atoms with Crippen molar-refractivity contribution < 1.29 is 19.4 Å². The Kier molecular flexibility index (Phi) is 2.81. The van der Waals surface area contributed by atoms with Gasteiger partial charge in [0.2, 0.25) is 5.91 Å². The highest BCUT2D eigenvalue weighted by atomic mass is 16.5. The Morgan fingerprint density at radius 2 is 1.94 bits per heavy atom. The van der Waals surface area contributed by atoms with Gasteiger partial charge in [-0.15, -0.1) is 0 Å². The van der Waals surface area contributed by atoms with Crippen molar-refractivity contribution in [2.24, 2.45) is 17.8 Å². The van der Waals surface area contributed by atoms with Gasteiger partial charge in [0.1, 0.15) is 6.04 Å². The first-order valence-electron chi connectivity index (χ1n) is 6.69. The topological polar surface area (TPSA) is 66.8 Å². The summed E-state index contributed by atoms with van der Waals surface area (Å²) in [5, 5.41) is 9.20. The second kappa shape index (κ2) is 4.23. The first-order valence-corrected chi connectivity index (χ1v) is 6.69. The lowest BCUT2D eigenvalue weighted by molar-refractivity contribution is -0.149. The van der Waals surface area contributed by atoms with Gasteiger partial charge < -0.3 is 14.7 Å². The summed E-state index contributed by atoms with van der Waals surface area (Å²) in [5.41, 5.74) is 0. The van der Waals surface area contributed by atoms with Gasteiger partial charge in [-0.05, 0) is 24.7 Å². The second-order valence-corrected chi connectivity index (χ2v) is 5.72. The van der Waals surface area contributed by atoms with Crippen molar-refractivity contribution in [2.75, 3.05) is 13.7 Å². The molecule has 0 bridgehead atoms. The number of rotatable bonds is 3. The number of likely N-dealkylation sites (tertiary alicyclic amines) is 1. The number of carboxylic acid groups (broad SMARTS) is 1. The predicted molar refractivity (Wildman–Crippen MR) is 62.9 cm³/mol. The smallest absolute Gasteiger partial charge is 0.326 e. The molecule has 0 aromatic carbocycles. The zero-order valence-electron chi connectivity index (χ0n) is 10.5. The number of nitrogens with zero attached hydrogens (tertiary/aromatic N) is 1. The van der Waals surface area contributed by atoms with Gasteiger partial charge in [0.15, 0.2) is 0 Å². The Hall–Kier alpha value is -1.10. The van der Waals surface area contributed by atoms with E-state index in [1.807, 2.05) is 0 Å². The summed E-state index contributed by atoms with van der Waals surface area (Å²) >= 11 is 0. The number of aliphatic carboxylic acids is 1. The van der Waals surface area contributed by atoms with Crippen LogP contribution in [0.25, 0.3) is 0 Å². The molecule has 100 valence electrons. The normalized spacial score (nSPS) is 41.8. The highest BCUT2D eigenvalue weighted by molar-refractivity contribution is 5.88. The molecule has 1 N–H and O–H groups in total. The van der Waals surface area contributed by atoms with Gasteiger partial charge in [-0.3, -0.25) is 4.79 Å². The van der Waals surface area contributed by atoms with Crippen molar-refractivity contribution in [3.63, 3.8) is 0 Å². The van der Waals surface area contributed by atoms with Crippen LogP contribution < -0.4 is 0 Å². The quantitative estimate of drug-likeness (QED) is 0.805. The van der Waals surface area contributed by atoms with E-state index in [0.29, 0.717) is 24.8 Å². The van der Waals surface area contributed by atoms with Crippen molar-refractivity contribution in [3.05, 3.63) is 0 Å². The molecule has 3 rings (SSSR count). The third kappa shape index (κ3) is 1.72. The monoisotopic (exact) mass is 253 g/mol. The fourth-order valence-electron chi connectivity index (χ4n) is 3.83. The van der Waals surface area contributed by atoms with Crippen LogP contribution in [-0.2, 0) is 14.3 Å². The Balaban J connectivity index is 1.70. The van der Waals surface area contributed by atoms with Crippen LogP contribution in [0.1, 0.15) is 25.7 Å². The van der Waals surface area contributed by atoms with E-state index in [-0.39, 0.29) is 17.9 Å². The summed E-state index contributed by atoms with van der Waals surface area (Å²) in [5.74, 6) is 0.323. The number of hydrogen-bond donors (Lipinski definition) is 1. The maximum Gasteiger partial charge on any atom is 0.326 e. The lowest BCUT2D eigenvalue weighted by atomic mass is 10.1. The van der Waals surface area contributed by atoms with Gasteiger partial charge >= 0.3 is 5.97 Å². The molecule has 1 saturated heterocycles. The number of ether oxygens (including phenoxy) is 1. The molecule has 2 saturated carbocycles. The van der Waals surface area contributed by atoms with Crippen molar-refractivity contribution in [3.8, 4) is 0 Å². The molecule has 4 unspecified atom stereocenters. The fraction of sp³-hybridized carbons (Fsp3) is 0.846. The van der Waals surface area contributed by atoms with E-state index in [0.717, 1.165) is 12.8 Å². The predicted octanol–water partition coefficient (Wildman–Crippen LogP) is 0.733. The number of hydrogen-bond acceptors (Lipinski definition) is 3. The molecule has 4 atom stereocenters. The lowest BCUT2D eigenvalue weighted by Crippen LogP contribution is -2.42. The van der Waals surface area contributed by atoms with Gasteiger partial charge in [-0.2, -0.15) is 0 Å². The van der Waals surface area contributed by atoms with Crippen LogP contribution in [0.2, 0.25) is 0 Å². The van der Waals surface area contributed by atoms with E-state index in [1.54, 1.807) is 12.0 Å². The zero-order valence-corrected chi connectivity index (χ0v) is 10.5. The van der Waals surface area contributed by atoms with Gasteiger partial charge in [-0.25, -0.2) is 4.79 Å². The van der Waals surface area contributed by atoms with Crippen LogP contribution in [0, 0.1) is 17.8 Å². The zero-order chi connectivity index (χ0) is 12.9. The average Bonchev–Trinajstić information content (AvgIpc) is 2.77. The molecule has 0 aromatic rings. The molecule has 18 heavy (non-hydrogen) atoms. The van der Waals surface area contributed by atoms with Gasteiger partial charge in [0.25, 0.3) is 0 Å². The van der Waals surface area contributed by atoms with Crippen LogP contribution >= 0.6 is 0 Å². The standard InChI is InChI=1S/C13H19NO4/c1-18-7-5-10(13(16)17)14(6-7)12(15)11-8-3-2-4-9(8)11/h7-11H,2-6H2,1H3,(H,16,17). The highest BCUT2D eigenvalue weighted by Gasteiger charge is 2.59. The van der Waals surface area contributed by atoms with Crippen LogP contribution in [0.3, 0.4) is 0 Å². The minimum absolute atomic E-state index is 0.0525. The van der Waals surface area contributed by atoms with Gasteiger partial charge in [-0.1, -0.05) is 6.42 Å². The Morgan fingerprint density at radius 1 is 1.28 bits per heavy atom. The van der Waals surface area contributed by atoms with Crippen LogP contribution in [0.15, 0.2) is 0 Å². The highest BCUT2D eigenvalue weighted by Crippen LogP contribution is 2.58. The summed E-state index contributed by atoms with van der Waals surface area (Å²) in [7, 11) is 1.57. The number of carboxylic acids is 1. The van der Waals surface area contributed by atoms with E-state index in [4.69, 9.17) is 4.74 Å². The van der Waals surface area contributed by atoms with Crippen molar-refractivity contribution in [2.45, 2.75) is 37.8 Å². The van der Waals surface area contributed by atoms with E-state index in [9.17, 15) is 14.7 Å². The van der Waals surface area contributed by atoms with Crippen molar-refractivity contribution >= 4 is 11.9 Å². The van der Waals surface area contributed by atoms with Crippen LogP contribution in [0.5, 0.6) is 0 Å². The molecule has 3 aliphatic rings. The number of fused-ring (bicyclic) bond motifs is 1. The van der Waals surface area contributed by atoms with Gasteiger partial charge in [0, 0.05) is 26.0 Å². The average molecular weight is 253 g/mol. The molecule has 5 heteroatoms. The fourth-order valence-corrected chi connectivity index (χ4v) is 3.83. The first-order chi connectivity index (χ1) is 8.63. The van der Waals surface area contributed by atoms with E-state index in [1.165, 1.54) is 6.42 Å². The van der Waals surface area contributed by atoms with Crippen LogP contribution in [0.4, 0.5) is 0 Å². The Bertz CT molecular complexity index is 373. The summed E-state index contributed by atoms with van der Waals surface area (Å²) in [6, 6.07) is -0.691. The van der Waals surface area contributed by atoms with Crippen LogP contribution in [-0.4, -0.2) is 47.7 Å². The van der Waals surface area contributed by atoms with E-state index in [2.05, 4.69) is 0 Å². The number of amides is 1. The van der Waals surface area contributed by atoms with E-state index < -0.39 is 12.0 Å². The number of methoxy groups -OCH3 is 1. The molecule has 0 spiro atoms. The molecule has 0 radical (unpaired) electrons. The van der Waals surface area contributed by atoms with Gasteiger partial charge in [0.05, 0.1) is 6.10 Å². The third-order valence-electron chi connectivity index (χ3n) is 4.86. The minimum Gasteiger partial charge on any atom is -0.480 e. The number of carbonyl (C=O) groups is 2. The summed E-state index contributed by atoms with van der Waals surface area (Å²) in [6.45, 7) is 0.433. The first kappa shape index (κ1) is 12.0. The Morgan fingerprint density at radius 3 is 2.50 bits per heavy atom. The minimum atomic E-state index is -0.909. The summed E-state index contributed by atoms with van der Waals surface area (Å²) in [4.78, 5) is 25.2. The molecule has 0 aromatic heterocycles. The summed E-state index contributed by atoms with van der Waals surface area (Å²) in [6.07, 6.45) is 3.79. The second-order valence-electron chi connectivity index (χ2n) is 5.72. The maximum absolute atomic E-state index is 12.4. The lowest BCUT2D eigenvalue weighted by Gasteiger charge is -2.22. The molecule has 3 fully saturated rings.